The molecule has 1 unspecified atom stereocenters. The number of nitrogens with one attached hydrogen (secondary N) is 4. The number of amides is 4. The molecule has 1 aromatic carbocycles. The molecule has 0 saturated carbocycles. The summed E-state index contributed by atoms with van der Waals surface area (Å²) < 4.78 is 64.8. The summed E-state index contributed by atoms with van der Waals surface area (Å²) in [6, 6.07) is 4.42. The maximum Gasteiger partial charge on any atom is 0.245 e. The lowest BCUT2D eigenvalue weighted by molar-refractivity contribution is -0.366. The van der Waals surface area contributed by atoms with Gasteiger partial charge in [0.15, 0.2) is 18.9 Å². The van der Waals surface area contributed by atoms with E-state index in [1.165, 1.54) is 171 Å². The van der Waals surface area contributed by atoms with E-state index in [-0.39, 0.29) is 19.4 Å². The fraction of sp³-hybridized carbons (Fsp3) is 0.857. The number of aliphatic hydroxyl groups is 4. The van der Waals surface area contributed by atoms with Crippen molar-refractivity contribution in [2.75, 3.05) is 42.2 Å². The fourth-order valence-corrected chi connectivity index (χ4v) is 12.7. The van der Waals surface area contributed by atoms with Crippen molar-refractivity contribution in [3.8, 4) is 0 Å². The Morgan fingerprint density at radius 2 is 0.957 bits per heavy atom. The van der Waals surface area contributed by atoms with E-state index in [1.54, 1.807) is 34.8 Å². The molecule has 3 heterocycles. The van der Waals surface area contributed by atoms with Gasteiger partial charge in [0.2, 0.25) is 23.6 Å². The number of ether oxygens (including phenoxy) is 11. The highest BCUT2D eigenvalue weighted by Gasteiger charge is 2.52. The molecule has 0 aliphatic carbocycles. The Morgan fingerprint density at radius 3 is 1.44 bits per heavy atom. The van der Waals surface area contributed by atoms with Crippen molar-refractivity contribution in [3.63, 3.8) is 0 Å². The minimum Gasteiger partial charge on any atom is -0.388 e. The van der Waals surface area contributed by atoms with Gasteiger partial charge in [0.1, 0.15) is 73.1 Å². The van der Waals surface area contributed by atoms with E-state index < -0.39 is 152 Å². The maximum absolute atomic E-state index is 14.7. The Bertz CT molecular complexity index is 2180. The summed E-state index contributed by atoms with van der Waals surface area (Å²) >= 11 is 0. The zero-order valence-corrected chi connectivity index (χ0v) is 58.5. The van der Waals surface area contributed by atoms with E-state index in [0.29, 0.717) is 6.42 Å². The topological polar surface area (TPSA) is 299 Å². The van der Waals surface area contributed by atoms with Gasteiger partial charge in [0.25, 0.3) is 0 Å². The monoisotopic (exact) mass is 1320 g/mol. The Balaban J connectivity index is 1.32. The lowest BCUT2D eigenvalue weighted by Crippen LogP contribution is -2.64. The van der Waals surface area contributed by atoms with Crippen LogP contribution in [0.25, 0.3) is 0 Å². The number of aliphatic hydroxyl groups excluding tert-OH is 4. The first-order valence-corrected chi connectivity index (χ1v) is 35.2. The molecule has 3 saturated heterocycles. The van der Waals surface area contributed by atoms with Crippen LogP contribution in [0.5, 0.6) is 0 Å². The van der Waals surface area contributed by atoms with Crippen LogP contribution in [0.15, 0.2) is 30.3 Å². The largest absolute Gasteiger partial charge is 0.388 e. The number of hydrogen-bond donors (Lipinski definition) is 8. The lowest BCUT2D eigenvalue weighted by atomic mass is 9.97. The molecule has 4 rings (SSSR count). The van der Waals surface area contributed by atoms with Crippen LogP contribution in [0.1, 0.15) is 215 Å². The van der Waals surface area contributed by atoms with Crippen molar-refractivity contribution in [1.82, 2.24) is 21.3 Å². The van der Waals surface area contributed by atoms with Gasteiger partial charge in [-0.05, 0) is 53.5 Å². The standard InChI is InChI=1S/C70H124N4O19/c1-13-14-15-16-17-18-19-20-21-22-23-24-25-26-27-28-29-30-31-32-33-34-38-41-52(83-8)43-54(75)73-53(42-51-39-36-35-37-40-51)66(81)74-55(47(4)89-68-58(78)61(85-10)56(76)48(5)90-68)67(82)72-46(3)65(80)71-45(2)44-88-70-64(63(87-12)60(84-9)50(7)92-70)93-69-59(79)62(86-11)57(77)49(6)91-69/h35-37,39-40,45-50,52-53,55-64,68-70,76-79H,13-34,38,41-44H2,1-12H3,(H,71,80)(H,72,82)(H,73,75)(H,74,81)/t45-,46+,47+,48-,49-,50-,52?,53+,55+,56+,57-,58+,59+,60-,61+,62+,63+,64+,68+,69-,70+/m0/s1. The highest BCUT2D eigenvalue weighted by molar-refractivity contribution is 5.94. The van der Waals surface area contributed by atoms with E-state index >= 15 is 0 Å². The van der Waals surface area contributed by atoms with Crippen molar-refractivity contribution < 1.29 is 91.7 Å². The van der Waals surface area contributed by atoms with Gasteiger partial charge < -0.3 is 93.8 Å². The third kappa shape index (κ3) is 28.5. The molecule has 23 nitrogen and oxygen atoms in total. The number of hydrogen-bond acceptors (Lipinski definition) is 19. The third-order valence-corrected chi connectivity index (χ3v) is 18.5. The first-order valence-electron chi connectivity index (χ1n) is 35.2. The summed E-state index contributed by atoms with van der Waals surface area (Å²) in [5, 5.41) is 54.9. The van der Waals surface area contributed by atoms with Gasteiger partial charge in [0, 0.05) is 48.0 Å². The van der Waals surface area contributed by atoms with Crippen LogP contribution in [0.4, 0.5) is 0 Å². The number of methoxy groups -OCH3 is 5. The quantitative estimate of drug-likeness (QED) is 0.0292. The van der Waals surface area contributed by atoms with Crippen molar-refractivity contribution in [3.05, 3.63) is 35.9 Å². The van der Waals surface area contributed by atoms with Gasteiger partial charge >= 0.3 is 0 Å². The molecule has 0 spiro atoms. The van der Waals surface area contributed by atoms with Gasteiger partial charge in [-0.2, -0.15) is 0 Å². The Hall–Kier alpha value is -3.50. The third-order valence-electron chi connectivity index (χ3n) is 18.5. The molecule has 3 fully saturated rings. The summed E-state index contributed by atoms with van der Waals surface area (Å²) in [5.74, 6) is -2.64. The number of carbonyl (C=O) groups is 4. The Labute approximate surface area is 556 Å². The summed E-state index contributed by atoms with van der Waals surface area (Å²) in [4.78, 5) is 57.1. The SMILES string of the molecule is CCCCCCCCCCCCCCCCCCCCCCCCCC(CC(=O)N[C@H](Cc1ccccc1)C(=O)N[C@@H](C(=O)N[C@H](C)C(=O)N[C@@H](C)CO[C@@H]1O[C@@H](C)[C@H](OC)[C@@H](OC)[C@H]1O[C@@H]1O[C@@H](C)[C@H](O)[C@@H](OC)[C@H]1O)[C@@H](C)O[C@@H]1O[C@@H](C)[C@@H](O)[C@@H](OC)[C@H]1O)OC. The molecule has 8 N–H and O–H groups in total. The van der Waals surface area contributed by atoms with Gasteiger partial charge in [-0.15, -0.1) is 0 Å². The van der Waals surface area contributed by atoms with Crippen LogP contribution in [-0.4, -0.2) is 215 Å². The number of unbranched alkanes of at least 4 members (excludes halogenated alkanes) is 22. The normalized spacial score (nSPS) is 28.5. The zero-order valence-electron chi connectivity index (χ0n) is 58.5. The molecule has 21 atom stereocenters. The zero-order chi connectivity index (χ0) is 68.2. The molecule has 538 valence electrons. The van der Waals surface area contributed by atoms with Crippen LogP contribution in [-0.2, 0) is 77.7 Å². The molecule has 0 bridgehead atoms. The smallest absolute Gasteiger partial charge is 0.245 e. The molecular weight excluding hydrogens is 1200 g/mol. The summed E-state index contributed by atoms with van der Waals surface area (Å²) in [7, 11) is 7.21. The summed E-state index contributed by atoms with van der Waals surface area (Å²) in [6.07, 6.45) is 13.1. The van der Waals surface area contributed by atoms with Crippen molar-refractivity contribution in [2.24, 2.45) is 0 Å². The molecule has 3 aliphatic rings. The molecule has 0 radical (unpaired) electrons. The first kappa shape index (κ1) is 81.9. The Kier molecular flexibility index (Phi) is 40.4. The van der Waals surface area contributed by atoms with Crippen molar-refractivity contribution in [2.45, 2.75) is 344 Å². The maximum atomic E-state index is 14.7. The van der Waals surface area contributed by atoms with Gasteiger partial charge in [0.05, 0.1) is 43.5 Å². The second-order valence-electron chi connectivity index (χ2n) is 26.2. The lowest BCUT2D eigenvalue weighted by Gasteiger charge is -2.47. The van der Waals surface area contributed by atoms with E-state index in [2.05, 4.69) is 28.2 Å². The molecule has 93 heavy (non-hydrogen) atoms. The van der Waals surface area contributed by atoms with E-state index in [9.17, 15) is 39.6 Å². The molecule has 0 aromatic heterocycles. The second-order valence-corrected chi connectivity index (χ2v) is 26.2. The summed E-state index contributed by atoms with van der Waals surface area (Å²) in [5.41, 5.74) is 0.731. The minimum absolute atomic E-state index is 0.00143. The Morgan fingerprint density at radius 1 is 0.495 bits per heavy atom. The molecular formula is C70H124N4O19. The van der Waals surface area contributed by atoms with Gasteiger partial charge in [-0.3, -0.25) is 19.2 Å². The number of carbonyl (C=O) groups excluding carboxylic acids is 4. The van der Waals surface area contributed by atoms with Gasteiger partial charge in [-0.1, -0.05) is 185 Å². The van der Waals surface area contributed by atoms with Crippen molar-refractivity contribution in [1.29, 1.82) is 0 Å². The second kappa shape index (κ2) is 45.9. The molecule has 3 aliphatic heterocycles. The minimum atomic E-state index is -1.56. The van der Waals surface area contributed by atoms with Crippen LogP contribution >= 0.6 is 0 Å². The first-order chi connectivity index (χ1) is 44.7. The van der Waals surface area contributed by atoms with Gasteiger partial charge in [-0.25, -0.2) is 0 Å². The van der Waals surface area contributed by atoms with Crippen molar-refractivity contribution >= 4 is 23.6 Å². The summed E-state index contributed by atoms with van der Waals surface area (Å²) in [6.45, 7) is 11.7. The predicted molar refractivity (Wildman–Crippen MR) is 353 cm³/mol. The van der Waals surface area contributed by atoms with E-state index in [1.807, 2.05) is 30.3 Å². The highest BCUT2D eigenvalue weighted by atomic mass is 16.8. The average Bonchev–Trinajstić information content (AvgIpc) is 0.830. The molecule has 1 aromatic rings. The molecule has 23 heteroatoms. The predicted octanol–water partition coefficient (Wildman–Crippen LogP) is 7.54. The van der Waals surface area contributed by atoms with Crippen LogP contribution in [0.2, 0.25) is 0 Å². The van der Waals surface area contributed by atoms with Crippen LogP contribution in [0, 0.1) is 0 Å². The van der Waals surface area contributed by atoms with E-state index in [4.69, 9.17) is 52.1 Å². The van der Waals surface area contributed by atoms with Crippen LogP contribution < -0.4 is 21.3 Å². The fourth-order valence-electron chi connectivity index (χ4n) is 12.7. The number of rotatable bonds is 48. The molecule has 4 amide bonds. The number of benzene rings is 1. The van der Waals surface area contributed by atoms with E-state index in [0.717, 1.165) is 24.8 Å². The van der Waals surface area contributed by atoms with Crippen LogP contribution in [0.3, 0.4) is 0 Å². The highest BCUT2D eigenvalue weighted by Crippen LogP contribution is 2.33. The average molecular weight is 1330 g/mol.